The summed E-state index contributed by atoms with van der Waals surface area (Å²) in [4.78, 5) is 6.36. The molecule has 1 aromatic heterocycles. The summed E-state index contributed by atoms with van der Waals surface area (Å²) in [6.07, 6.45) is 3.47. The molecule has 2 aromatic rings. The van der Waals surface area contributed by atoms with Gasteiger partial charge in [0.1, 0.15) is 0 Å². The van der Waals surface area contributed by atoms with E-state index in [-0.39, 0.29) is 0 Å². The molecule has 0 fully saturated rings. The van der Waals surface area contributed by atoms with Gasteiger partial charge in [-0.15, -0.1) is 0 Å². The van der Waals surface area contributed by atoms with E-state index >= 15 is 0 Å². The van der Waals surface area contributed by atoms with Gasteiger partial charge in [-0.25, -0.2) is 0 Å². The smallest absolute Gasteiger partial charge is 0.0634 e. The van der Waals surface area contributed by atoms with Crippen molar-refractivity contribution in [3.63, 3.8) is 0 Å². The summed E-state index contributed by atoms with van der Waals surface area (Å²) in [5, 5.41) is 0.730. The maximum absolute atomic E-state index is 6.13. The average molecular weight is 260 g/mol. The third-order valence-electron chi connectivity index (χ3n) is 3.27. The van der Waals surface area contributed by atoms with Gasteiger partial charge in [0, 0.05) is 37.7 Å². The minimum atomic E-state index is 0.730. The van der Waals surface area contributed by atoms with Gasteiger partial charge < -0.3 is 5.73 Å². The first-order valence-corrected chi connectivity index (χ1v) is 6.28. The van der Waals surface area contributed by atoms with Crippen LogP contribution in [0.1, 0.15) is 16.7 Å². The van der Waals surface area contributed by atoms with E-state index < -0.39 is 0 Å². The molecule has 0 saturated carbocycles. The lowest BCUT2D eigenvalue weighted by atomic mass is 10.1. The molecule has 0 atom stereocenters. The molecule has 1 aliphatic rings. The monoisotopic (exact) mass is 259 g/mol. The van der Waals surface area contributed by atoms with Gasteiger partial charge in [0.05, 0.1) is 5.02 Å². The molecule has 0 amide bonds. The quantitative estimate of drug-likeness (QED) is 0.844. The maximum Gasteiger partial charge on any atom is 0.0634 e. The number of nitrogens with two attached hydrogens (primary N) is 1. The van der Waals surface area contributed by atoms with Gasteiger partial charge in [-0.2, -0.15) is 0 Å². The van der Waals surface area contributed by atoms with Crippen molar-refractivity contribution in [1.29, 1.82) is 0 Å². The molecule has 0 saturated heterocycles. The topological polar surface area (TPSA) is 42.1 Å². The number of halogens is 1. The van der Waals surface area contributed by atoms with E-state index in [1.165, 1.54) is 11.1 Å². The Morgan fingerprint density at radius 1 is 1.22 bits per heavy atom. The molecule has 4 heteroatoms. The van der Waals surface area contributed by atoms with E-state index in [1.807, 2.05) is 12.1 Å². The number of benzene rings is 1. The fourth-order valence-electron chi connectivity index (χ4n) is 2.37. The Morgan fingerprint density at radius 2 is 2.06 bits per heavy atom. The SMILES string of the molecule is Nc1ccc2c(c1)CN(Cc1ccncc1Cl)C2. The van der Waals surface area contributed by atoms with E-state index in [4.69, 9.17) is 17.3 Å². The van der Waals surface area contributed by atoms with Crippen molar-refractivity contribution in [2.75, 3.05) is 5.73 Å². The van der Waals surface area contributed by atoms with Crippen molar-refractivity contribution in [3.05, 3.63) is 58.4 Å². The zero-order valence-electron chi connectivity index (χ0n) is 9.94. The second-order valence-corrected chi connectivity index (χ2v) is 5.05. The number of fused-ring (bicyclic) bond motifs is 1. The number of aromatic nitrogens is 1. The first-order valence-electron chi connectivity index (χ1n) is 5.90. The molecule has 3 rings (SSSR count). The van der Waals surface area contributed by atoms with Gasteiger partial charge in [-0.1, -0.05) is 17.7 Å². The van der Waals surface area contributed by atoms with Crippen LogP contribution >= 0.6 is 11.6 Å². The molecule has 1 aromatic carbocycles. The highest BCUT2D eigenvalue weighted by molar-refractivity contribution is 6.31. The number of rotatable bonds is 2. The molecule has 0 radical (unpaired) electrons. The summed E-state index contributed by atoms with van der Waals surface area (Å²) >= 11 is 6.13. The highest BCUT2D eigenvalue weighted by Crippen LogP contribution is 2.27. The predicted octanol–water partition coefficient (Wildman–Crippen LogP) is 2.83. The van der Waals surface area contributed by atoms with Crippen LogP contribution in [0.4, 0.5) is 5.69 Å². The molecule has 1 aliphatic heterocycles. The predicted molar refractivity (Wildman–Crippen MR) is 73.1 cm³/mol. The standard InChI is InChI=1S/C14H14ClN3/c15-14-6-17-4-3-11(14)8-18-7-10-1-2-13(16)5-12(10)9-18/h1-6H,7-9,16H2. The Balaban J connectivity index is 1.77. The van der Waals surface area contributed by atoms with Crippen molar-refractivity contribution in [1.82, 2.24) is 9.88 Å². The first-order chi connectivity index (χ1) is 8.72. The Morgan fingerprint density at radius 3 is 2.89 bits per heavy atom. The molecule has 2 N–H and O–H groups in total. The van der Waals surface area contributed by atoms with Crippen LogP contribution in [0, 0.1) is 0 Å². The lowest BCUT2D eigenvalue weighted by Crippen LogP contribution is -2.15. The summed E-state index contributed by atoms with van der Waals surface area (Å²) in [5.74, 6) is 0. The Hall–Kier alpha value is -1.58. The van der Waals surface area contributed by atoms with Gasteiger partial charge >= 0.3 is 0 Å². The lowest BCUT2D eigenvalue weighted by Gasteiger charge is -2.15. The van der Waals surface area contributed by atoms with Crippen LogP contribution in [0.2, 0.25) is 5.02 Å². The van der Waals surface area contributed by atoms with Crippen LogP contribution in [0.5, 0.6) is 0 Å². The maximum atomic E-state index is 6.13. The van der Waals surface area contributed by atoms with Crippen LogP contribution < -0.4 is 5.73 Å². The van der Waals surface area contributed by atoms with E-state index in [9.17, 15) is 0 Å². The van der Waals surface area contributed by atoms with Gasteiger partial charge in [0.25, 0.3) is 0 Å². The summed E-state index contributed by atoms with van der Waals surface area (Å²) in [6.45, 7) is 2.73. The Labute approximate surface area is 111 Å². The number of pyridine rings is 1. The van der Waals surface area contributed by atoms with E-state index in [0.29, 0.717) is 0 Å². The largest absolute Gasteiger partial charge is 0.399 e. The summed E-state index contributed by atoms with van der Waals surface area (Å²) < 4.78 is 0. The van der Waals surface area contributed by atoms with Crippen molar-refractivity contribution in [2.45, 2.75) is 19.6 Å². The lowest BCUT2D eigenvalue weighted by molar-refractivity contribution is 0.275. The van der Waals surface area contributed by atoms with Gasteiger partial charge in [-0.3, -0.25) is 9.88 Å². The van der Waals surface area contributed by atoms with Crippen molar-refractivity contribution in [3.8, 4) is 0 Å². The number of hydrogen-bond acceptors (Lipinski definition) is 3. The second kappa shape index (κ2) is 4.59. The first kappa shape index (κ1) is 11.5. The third kappa shape index (κ3) is 2.19. The number of hydrogen-bond donors (Lipinski definition) is 1. The molecule has 18 heavy (non-hydrogen) atoms. The summed E-state index contributed by atoms with van der Waals surface area (Å²) in [7, 11) is 0. The normalized spacial score (nSPS) is 14.7. The number of nitrogens with zero attached hydrogens (tertiary/aromatic N) is 2. The zero-order valence-corrected chi connectivity index (χ0v) is 10.7. The van der Waals surface area contributed by atoms with Gasteiger partial charge in [0.2, 0.25) is 0 Å². The molecule has 2 heterocycles. The Bertz CT molecular complexity index is 583. The van der Waals surface area contributed by atoms with E-state index in [0.717, 1.165) is 35.9 Å². The fourth-order valence-corrected chi connectivity index (χ4v) is 2.55. The zero-order chi connectivity index (χ0) is 12.5. The molecule has 0 aliphatic carbocycles. The highest BCUT2D eigenvalue weighted by Gasteiger charge is 2.19. The average Bonchev–Trinajstić information content (AvgIpc) is 2.73. The molecule has 92 valence electrons. The van der Waals surface area contributed by atoms with Crippen LogP contribution in [-0.4, -0.2) is 9.88 Å². The molecule has 3 nitrogen and oxygen atoms in total. The minimum absolute atomic E-state index is 0.730. The summed E-state index contributed by atoms with van der Waals surface area (Å²) in [6, 6.07) is 8.10. The molecule has 0 spiro atoms. The van der Waals surface area contributed by atoms with Crippen molar-refractivity contribution >= 4 is 17.3 Å². The third-order valence-corrected chi connectivity index (χ3v) is 3.61. The number of anilines is 1. The fraction of sp³-hybridized carbons (Fsp3) is 0.214. The van der Waals surface area contributed by atoms with Crippen molar-refractivity contribution < 1.29 is 0 Å². The van der Waals surface area contributed by atoms with E-state index in [1.54, 1.807) is 12.4 Å². The van der Waals surface area contributed by atoms with Crippen molar-refractivity contribution in [2.24, 2.45) is 0 Å². The van der Waals surface area contributed by atoms with Crippen LogP contribution in [0.15, 0.2) is 36.7 Å². The summed E-state index contributed by atoms with van der Waals surface area (Å²) in [5.41, 5.74) is 10.4. The molecular formula is C14H14ClN3. The second-order valence-electron chi connectivity index (χ2n) is 4.64. The van der Waals surface area contributed by atoms with E-state index in [2.05, 4.69) is 22.0 Å². The minimum Gasteiger partial charge on any atom is -0.399 e. The van der Waals surface area contributed by atoms with Gasteiger partial charge in [0.15, 0.2) is 0 Å². The van der Waals surface area contributed by atoms with Crippen LogP contribution in [0.25, 0.3) is 0 Å². The van der Waals surface area contributed by atoms with Crippen LogP contribution in [-0.2, 0) is 19.6 Å². The highest BCUT2D eigenvalue weighted by atomic mass is 35.5. The Kier molecular flexibility index (Phi) is 2.94. The molecule has 0 unspecified atom stereocenters. The number of nitrogen functional groups attached to an aromatic ring is 1. The molecule has 0 bridgehead atoms. The molecular weight excluding hydrogens is 246 g/mol. The van der Waals surface area contributed by atoms with Crippen LogP contribution in [0.3, 0.4) is 0 Å². The van der Waals surface area contributed by atoms with Gasteiger partial charge in [-0.05, 0) is 34.9 Å².